The van der Waals surface area contributed by atoms with Crippen LogP contribution in [-0.4, -0.2) is 18.4 Å². The summed E-state index contributed by atoms with van der Waals surface area (Å²) in [6.45, 7) is 0. The fourth-order valence-corrected chi connectivity index (χ4v) is 1.17. The topological polar surface area (TPSA) is 39.2 Å². The van der Waals surface area contributed by atoms with E-state index in [4.69, 9.17) is 4.74 Å². The zero-order valence-corrected chi connectivity index (χ0v) is 7.69. The van der Waals surface area contributed by atoms with Crippen molar-refractivity contribution in [2.24, 2.45) is 0 Å². The Bertz CT molecular complexity index is 273. The van der Waals surface area contributed by atoms with Crippen molar-refractivity contribution in [3.8, 4) is 5.88 Å². The van der Waals surface area contributed by atoms with E-state index < -0.39 is 0 Å². The third-order valence-corrected chi connectivity index (χ3v) is 1.81. The zero-order valence-electron chi connectivity index (χ0n) is 7.69. The number of carbonyl (C=O) groups is 1. The molecule has 0 aromatic carbocycles. The van der Waals surface area contributed by atoms with E-state index in [2.05, 4.69) is 4.98 Å². The van der Waals surface area contributed by atoms with Gasteiger partial charge < -0.3 is 9.53 Å². The van der Waals surface area contributed by atoms with Gasteiger partial charge >= 0.3 is 0 Å². The number of nitrogens with zero attached hydrogens (tertiary/aromatic N) is 1. The summed E-state index contributed by atoms with van der Waals surface area (Å²) in [7, 11) is 1.60. The molecule has 0 fully saturated rings. The van der Waals surface area contributed by atoms with Gasteiger partial charge in [0.1, 0.15) is 6.29 Å². The van der Waals surface area contributed by atoms with Crippen LogP contribution in [0.1, 0.15) is 18.4 Å². The van der Waals surface area contributed by atoms with E-state index in [-0.39, 0.29) is 0 Å². The van der Waals surface area contributed by atoms with E-state index in [1.807, 2.05) is 12.1 Å². The fraction of sp³-hybridized carbons (Fsp3) is 0.400. The highest BCUT2D eigenvalue weighted by Gasteiger charge is 2.01. The summed E-state index contributed by atoms with van der Waals surface area (Å²) in [5, 5.41) is 0. The number of aryl methyl sites for hydroxylation is 1. The maximum absolute atomic E-state index is 10.1. The molecule has 0 atom stereocenters. The van der Waals surface area contributed by atoms with Crippen LogP contribution >= 0.6 is 0 Å². The number of methoxy groups -OCH3 is 1. The van der Waals surface area contributed by atoms with Crippen molar-refractivity contribution in [2.45, 2.75) is 19.3 Å². The Balaban J connectivity index is 2.58. The molecule has 1 heterocycles. The first kappa shape index (κ1) is 9.71. The second-order valence-electron chi connectivity index (χ2n) is 2.73. The van der Waals surface area contributed by atoms with Crippen molar-refractivity contribution in [1.82, 2.24) is 4.98 Å². The number of aldehydes is 1. The Morgan fingerprint density at radius 3 is 3.15 bits per heavy atom. The lowest BCUT2D eigenvalue weighted by Gasteiger charge is -2.04. The number of hydrogen-bond donors (Lipinski definition) is 0. The monoisotopic (exact) mass is 179 g/mol. The van der Waals surface area contributed by atoms with Gasteiger partial charge in [0.2, 0.25) is 5.88 Å². The smallest absolute Gasteiger partial charge is 0.216 e. The van der Waals surface area contributed by atoms with E-state index in [1.54, 1.807) is 13.3 Å². The van der Waals surface area contributed by atoms with Gasteiger partial charge in [-0.25, -0.2) is 4.98 Å². The second kappa shape index (κ2) is 5.30. The van der Waals surface area contributed by atoms with Gasteiger partial charge in [-0.15, -0.1) is 0 Å². The van der Waals surface area contributed by atoms with E-state index >= 15 is 0 Å². The molecule has 0 spiro atoms. The molecule has 0 saturated carbocycles. The largest absolute Gasteiger partial charge is 0.481 e. The van der Waals surface area contributed by atoms with Crippen molar-refractivity contribution in [3.05, 3.63) is 23.9 Å². The number of carbonyl (C=O) groups excluding carboxylic acids is 1. The van der Waals surface area contributed by atoms with Crippen LogP contribution in [-0.2, 0) is 11.2 Å². The molecule has 1 rings (SSSR count). The third-order valence-electron chi connectivity index (χ3n) is 1.81. The average molecular weight is 179 g/mol. The van der Waals surface area contributed by atoms with Crippen molar-refractivity contribution < 1.29 is 9.53 Å². The SMILES string of the molecule is COc1ncccc1CCCC=O. The fourth-order valence-electron chi connectivity index (χ4n) is 1.17. The summed E-state index contributed by atoms with van der Waals surface area (Å²) in [5.74, 6) is 0.661. The Morgan fingerprint density at radius 2 is 2.46 bits per heavy atom. The highest BCUT2D eigenvalue weighted by Crippen LogP contribution is 2.15. The summed E-state index contributed by atoms with van der Waals surface area (Å²) in [6.07, 6.45) is 4.92. The molecule has 0 radical (unpaired) electrons. The molecule has 0 aliphatic carbocycles. The number of unbranched alkanes of at least 4 members (excludes halogenated alkanes) is 1. The molecule has 1 aromatic heterocycles. The lowest BCUT2D eigenvalue weighted by Crippen LogP contribution is -1.94. The summed E-state index contributed by atoms with van der Waals surface area (Å²) < 4.78 is 5.08. The summed E-state index contributed by atoms with van der Waals surface area (Å²) in [4.78, 5) is 14.2. The Hall–Kier alpha value is -1.38. The highest BCUT2D eigenvalue weighted by molar-refractivity contribution is 5.49. The van der Waals surface area contributed by atoms with Crippen LogP contribution in [0.15, 0.2) is 18.3 Å². The van der Waals surface area contributed by atoms with Crippen LogP contribution in [0.25, 0.3) is 0 Å². The average Bonchev–Trinajstić information content (AvgIpc) is 2.19. The molecule has 0 amide bonds. The van der Waals surface area contributed by atoms with Gasteiger partial charge in [-0.05, 0) is 18.9 Å². The standard InChI is InChI=1S/C10H13NO2/c1-13-10-9(5-2-3-8-12)6-4-7-11-10/h4,6-8H,2-3,5H2,1H3. The first-order valence-electron chi connectivity index (χ1n) is 4.30. The molecular weight excluding hydrogens is 166 g/mol. The number of hydrogen-bond acceptors (Lipinski definition) is 3. The van der Waals surface area contributed by atoms with E-state index in [0.717, 1.165) is 24.7 Å². The molecule has 70 valence electrons. The van der Waals surface area contributed by atoms with Gasteiger partial charge in [-0.3, -0.25) is 0 Å². The molecule has 3 heteroatoms. The van der Waals surface area contributed by atoms with Gasteiger partial charge in [0.25, 0.3) is 0 Å². The molecule has 0 unspecified atom stereocenters. The summed E-state index contributed by atoms with van der Waals surface area (Å²) in [6, 6.07) is 3.84. The van der Waals surface area contributed by atoms with Gasteiger partial charge in [-0.1, -0.05) is 6.07 Å². The number of rotatable bonds is 5. The number of ether oxygens (including phenoxy) is 1. The van der Waals surface area contributed by atoms with E-state index in [1.165, 1.54) is 0 Å². The quantitative estimate of drug-likeness (QED) is 0.509. The van der Waals surface area contributed by atoms with Gasteiger partial charge in [-0.2, -0.15) is 0 Å². The van der Waals surface area contributed by atoms with Crippen LogP contribution < -0.4 is 4.74 Å². The van der Waals surface area contributed by atoms with Crippen LogP contribution in [0.5, 0.6) is 5.88 Å². The van der Waals surface area contributed by atoms with E-state index in [0.29, 0.717) is 12.3 Å². The first-order valence-corrected chi connectivity index (χ1v) is 4.30. The lowest BCUT2D eigenvalue weighted by atomic mass is 10.1. The van der Waals surface area contributed by atoms with Crippen LogP contribution in [0, 0.1) is 0 Å². The second-order valence-corrected chi connectivity index (χ2v) is 2.73. The van der Waals surface area contributed by atoms with Crippen molar-refractivity contribution in [3.63, 3.8) is 0 Å². The molecule has 0 aliphatic heterocycles. The molecule has 0 aliphatic rings. The molecule has 1 aromatic rings. The Labute approximate surface area is 77.8 Å². The van der Waals surface area contributed by atoms with Crippen molar-refractivity contribution in [1.29, 1.82) is 0 Å². The Morgan fingerprint density at radius 1 is 1.62 bits per heavy atom. The Kier molecular flexibility index (Phi) is 3.96. The first-order chi connectivity index (χ1) is 6.38. The van der Waals surface area contributed by atoms with Crippen LogP contribution in [0.4, 0.5) is 0 Å². The van der Waals surface area contributed by atoms with Gasteiger partial charge in [0.05, 0.1) is 7.11 Å². The van der Waals surface area contributed by atoms with Gasteiger partial charge in [0.15, 0.2) is 0 Å². The minimum atomic E-state index is 0.595. The minimum Gasteiger partial charge on any atom is -0.481 e. The van der Waals surface area contributed by atoms with Crippen molar-refractivity contribution >= 4 is 6.29 Å². The summed E-state index contributed by atoms with van der Waals surface area (Å²) in [5.41, 5.74) is 1.06. The predicted octanol–water partition coefficient (Wildman–Crippen LogP) is 1.61. The lowest BCUT2D eigenvalue weighted by molar-refractivity contribution is -0.107. The van der Waals surface area contributed by atoms with Gasteiger partial charge in [0, 0.05) is 18.2 Å². The molecule has 13 heavy (non-hydrogen) atoms. The third kappa shape index (κ3) is 2.86. The maximum Gasteiger partial charge on any atom is 0.216 e. The number of pyridine rings is 1. The van der Waals surface area contributed by atoms with E-state index in [9.17, 15) is 4.79 Å². The summed E-state index contributed by atoms with van der Waals surface area (Å²) >= 11 is 0. The highest BCUT2D eigenvalue weighted by atomic mass is 16.5. The zero-order chi connectivity index (χ0) is 9.52. The molecule has 0 bridgehead atoms. The molecule has 3 nitrogen and oxygen atoms in total. The molecular formula is C10H13NO2. The van der Waals surface area contributed by atoms with Crippen LogP contribution in [0.2, 0.25) is 0 Å². The maximum atomic E-state index is 10.1. The predicted molar refractivity (Wildman–Crippen MR) is 49.8 cm³/mol. The molecule has 0 saturated heterocycles. The van der Waals surface area contributed by atoms with Crippen LogP contribution in [0.3, 0.4) is 0 Å². The normalized spacial score (nSPS) is 9.62. The molecule has 0 N–H and O–H groups in total. The minimum absolute atomic E-state index is 0.595. The van der Waals surface area contributed by atoms with Crippen molar-refractivity contribution in [2.75, 3.05) is 7.11 Å². The number of aromatic nitrogens is 1.